The first kappa shape index (κ1) is 16.0. The lowest BCUT2D eigenvalue weighted by atomic mass is 10.2. The van der Waals surface area contributed by atoms with E-state index in [9.17, 15) is 4.79 Å². The van der Waals surface area contributed by atoms with Crippen LogP contribution in [-0.2, 0) is 20.0 Å². The van der Waals surface area contributed by atoms with Crippen molar-refractivity contribution >= 4 is 32.6 Å². The van der Waals surface area contributed by atoms with E-state index >= 15 is 0 Å². The van der Waals surface area contributed by atoms with Crippen LogP contribution in [0.3, 0.4) is 0 Å². The van der Waals surface area contributed by atoms with Crippen LogP contribution in [0, 0.1) is 0 Å². The topological polar surface area (TPSA) is 81.4 Å². The fourth-order valence-electron chi connectivity index (χ4n) is 3.32. The summed E-state index contributed by atoms with van der Waals surface area (Å²) in [5.41, 5.74) is 3.42. The lowest BCUT2D eigenvalue weighted by Gasteiger charge is -2.05. The number of nitrogens with zero attached hydrogens (tertiary/aromatic N) is 5. The molecule has 1 N–H and O–H groups in total. The van der Waals surface area contributed by atoms with Crippen LogP contribution in [0.5, 0.6) is 0 Å². The molecule has 4 aromatic heterocycles. The van der Waals surface area contributed by atoms with Gasteiger partial charge in [-0.25, -0.2) is 9.67 Å². The molecule has 7 nitrogen and oxygen atoms in total. The van der Waals surface area contributed by atoms with Gasteiger partial charge in [0.25, 0.3) is 5.56 Å². The predicted molar refractivity (Wildman–Crippen MR) is 105 cm³/mol. The summed E-state index contributed by atoms with van der Waals surface area (Å²) < 4.78 is 4.38. The van der Waals surface area contributed by atoms with Crippen molar-refractivity contribution in [2.75, 3.05) is 0 Å². The number of nitrogens with one attached hydrogen (secondary N) is 1. The maximum Gasteiger partial charge on any atom is 0.291 e. The molecule has 5 rings (SSSR count). The van der Waals surface area contributed by atoms with Gasteiger partial charge in [-0.1, -0.05) is 30.3 Å². The van der Waals surface area contributed by atoms with Crippen molar-refractivity contribution in [3.63, 3.8) is 0 Å². The molecular weight excluding hydrogens is 360 g/mol. The summed E-state index contributed by atoms with van der Waals surface area (Å²) in [7, 11) is 1.89. The molecule has 134 valence electrons. The van der Waals surface area contributed by atoms with Crippen LogP contribution < -0.4 is 5.56 Å². The number of benzene rings is 1. The highest BCUT2D eigenvalue weighted by molar-refractivity contribution is 7.19. The van der Waals surface area contributed by atoms with Gasteiger partial charge in [-0.3, -0.25) is 9.89 Å². The standard InChI is InChI=1S/C19H16N6OS/c1-24-16-14(10-21-25(19(16)26)11-12-5-3-2-4-6-12)17-18(24)22-15(27-17)9-13-7-8-20-23-13/h2-8,10H,9,11H2,1H3,(H,20,23). The molecule has 0 bridgehead atoms. The molecular formula is C19H16N6OS. The first-order valence-corrected chi connectivity index (χ1v) is 9.38. The molecule has 0 radical (unpaired) electrons. The van der Waals surface area contributed by atoms with Crippen molar-refractivity contribution in [2.24, 2.45) is 7.05 Å². The number of aryl methyl sites for hydroxylation is 1. The molecule has 27 heavy (non-hydrogen) atoms. The monoisotopic (exact) mass is 376 g/mol. The Bertz CT molecular complexity index is 1300. The molecule has 8 heteroatoms. The number of hydrogen-bond donors (Lipinski definition) is 1. The Balaban J connectivity index is 1.60. The maximum atomic E-state index is 13.0. The van der Waals surface area contributed by atoms with Gasteiger partial charge in [0.15, 0.2) is 5.65 Å². The van der Waals surface area contributed by atoms with Gasteiger partial charge in [0, 0.05) is 30.7 Å². The zero-order valence-corrected chi connectivity index (χ0v) is 15.4. The van der Waals surface area contributed by atoms with Crippen LogP contribution in [-0.4, -0.2) is 29.5 Å². The third kappa shape index (κ3) is 2.65. The molecule has 0 amide bonds. The first-order chi connectivity index (χ1) is 13.2. The Labute approximate surface area is 157 Å². The van der Waals surface area contributed by atoms with Crippen molar-refractivity contribution in [1.82, 2.24) is 29.5 Å². The van der Waals surface area contributed by atoms with E-state index in [-0.39, 0.29) is 5.56 Å². The van der Waals surface area contributed by atoms with E-state index in [0.29, 0.717) is 18.5 Å². The number of thiazole rings is 1. The van der Waals surface area contributed by atoms with Gasteiger partial charge in [-0.15, -0.1) is 11.3 Å². The minimum Gasteiger partial charge on any atom is -0.323 e. The van der Waals surface area contributed by atoms with E-state index in [1.165, 1.54) is 4.68 Å². The van der Waals surface area contributed by atoms with Crippen molar-refractivity contribution in [3.05, 3.63) is 75.4 Å². The Hall–Kier alpha value is -3.26. The molecule has 0 saturated carbocycles. The third-order valence-electron chi connectivity index (χ3n) is 4.64. The number of fused-ring (bicyclic) bond motifs is 3. The molecule has 0 unspecified atom stereocenters. The number of rotatable bonds is 4. The molecule has 0 aliphatic rings. The maximum absolute atomic E-state index is 13.0. The number of H-pyrrole nitrogens is 1. The fourth-order valence-corrected chi connectivity index (χ4v) is 4.45. The second-order valence-electron chi connectivity index (χ2n) is 6.43. The van der Waals surface area contributed by atoms with Gasteiger partial charge in [-0.05, 0) is 11.6 Å². The lowest BCUT2D eigenvalue weighted by Crippen LogP contribution is -2.24. The normalized spacial score (nSPS) is 11.6. The quantitative estimate of drug-likeness (QED) is 0.523. The van der Waals surface area contributed by atoms with Crippen LogP contribution in [0.4, 0.5) is 0 Å². The van der Waals surface area contributed by atoms with Gasteiger partial charge in [0.05, 0.1) is 17.4 Å². The highest BCUT2D eigenvalue weighted by Crippen LogP contribution is 2.31. The van der Waals surface area contributed by atoms with E-state index in [1.54, 1.807) is 23.7 Å². The Morgan fingerprint density at radius 3 is 2.81 bits per heavy atom. The summed E-state index contributed by atoms with van der Waals surface area (Å²) in [5.74, 6) is 0. The number of aromatic nitrogens is 6. The molecule has 4 heterocycles. The Morgan fingerprint density at radius 1 is 1.19 bits per heavy atom. The summed E-state index contributed by atoms with van der Waals surface area (Å²) in [4.78, 5) is 17.7. The van der Waals surface area contributed by atoms with Crippen molar-refractivity contribution in [3.8, 4) is 0 Å². The summed E-state index contributed by atoms with van der Waals surface area (Å²) in [5, 5.41) is 13.2. The van der Waals surface area contributed by atoms with E-state index in [4.69, 9.17) is 4.98 Å². The van der Waals surface area contributed by atoms with Gasteiger partial charge in [-0.2, -0.15) is 10.2 Å². The van der Waals surface area contributed by atoms with Crippen molar-refractivity contribution in [2.45, 2.75) is 13.0 Å². The fraction of sp³-hybridized carbons (Fsp3) is 0.158. The lowest BCUT2D eigenvalue weighted by molar-refractivity contribution is 0.644. The zero-order valence-electron chi connectivity index (χ0n) is 14.6. The van der Waals surface area contributed by atoms with Gasteiger partial charge < -0.3 is 4.57 Å². The predicted octanol–water partition coefficient (Wildman–Crippen LogP) is 2.71. The molecule has 0 aliphatic carbocycles. The minimum absolute atomic E-state index is 0.0980. The third-order valence-corrected chi connectivity index (χ3v) is 5.72. The van der Waals surface area contributed by atoms with Crippen LogP contribution >= 0.6 is 11.3 Å². The number of aromatic amines is 1. The SMILES string of the molecule is Cn1c2nc(Cc3ccn[nH]3)sc2c2cnn(Cc3ccccc3)c(=O)c21. The van der Waals surface area contributed by atoms with E-state index in [0.717, 1.165) is 32.0 Å². The summed E-state index contributed by atoms with van der Waals surface area (Å²) >= 11 is 1.60. The molecule has 5 aromatic rings. The molecule has 0 atom stereocenters. The second-order valence-corrected chi connectivity index (χ2v) is 7.52. The molecule has 1 aromatic carbocycles. The van der Waals surface area contributed by atoms with Crippen molar-refractivity contribution < 1.29 is 0 Å². The first-order valence-electron chi connectivity index (χ1n) is 8.57. The summed E-state index contributed by atoms with van der Waals surface area (Å²) in [6.07, 6.45) is 4.21. The molecule has 0 aliphatic heterocycles. The van der Waals surface area contributed by atoms with Crippen LogP contribution in [0.15, 0.2) is 53.6 Å². The highest BCUT2D eigenvalue weighted by atomic mass is 32.1. The smallest absolute Gasteiger partial charge is 0.291 e. The van der Waals surface area contributed by atoms with Gasteiger partial charge in [0.2, 0.25) is 0 Å². The zero-order chi connectivity index (χ0) is 18.4. The van der Waals surface area contributed by atoms with Crippen LogP contribution in [0.25, 0.3) is 21.3 Å². The van der Waals surface area contributed by atoms with E-state index in [2.05, 4.69) is 15.3 Å². The number of hydrogen-bond acceptors (Lipinski definition) is 5. The van der Waals surface area contributed by atoms with Gasteiger partial charge in [0.1, 0.15) is 10.5 Å². The molecule has 0 saturated heterocycles. The van der Waals surface area contributed by atoms with E-state index < -0.39 is 0 Å². The minimum atomic E-state index is -0.0980. The average molecular weight is 376 g/mol. The summed E-state index contributed by atoms with van der Waals surface area (Å²) in [6.45, 7) is 0.451. The average Bonchev–Trinajstić information content (AvgIpc) is 3.38. The van der Waals surface area contributed by atoms with Crippen LogP contribution in [0.1, 0.15) is 16.3 Å². The van der Waals surface area contributed by atoms with Gasteiger partial charge >= 0.3 is 0 Å². The van der Waals surface area contributed by atoms with E-state index in [1.807, 2.05) is 48.0 Å². The Morgan fingerprint density at radius 2 is 2.04 bits per heavy atom. The molecule has 0 fully saturated rings. The molecule has 0 spiro atoms. The largest absolute Gasteiger partial charge is 0.323 e. The highest BCUT2D eigenvalue weighted by Gasteiger charge is 2.18. The van der Waals surface area contributed by atoms with Crippen LogP contribution in [0.2, 0.25) is 0 Å². The second kappa shape index (κ2) is 6.17. The Kier molecular flexibility index (Phi) is 3.64. The van der Waals surface area contributed by atoms with Crippen molar-refractivity contribution in [1.29, 1.82) is 0 Å². The summed E-state index contributed by atoms with van der Waals surface area (Å²) in [6, 6.07) is 11.8.